The Kier molecular flexibility index (Phi) is 6.80. The van der Waals surface area contributed by atoms with Gasteiger partial charge in [0.1, 0.15) is 17.5 Å². The molecule has 0 aliphatic carbocycles. The fraction of sp³-hybridized carbons (Fsp3) is 0.278. The molecular formula is C18H17F4NO2. The molecule has 0 saturated heterocycles. The van der Waals surface area contributed by atoms with Crippen LogP contribution in [0.3, 0.4) is 0 Å². The predicted octanol–water partition coefficient (Wildman–Crippen LogP) is 3.76. The lowest BCUT2D eigenvalue weighted by molar-refractivity contribution is -0.121. The molecule has 0 bridgehead atoms. The molecule has 0 radical (unpaired) electrons. The van der Waals surface area contributed by atoms with Gasteiger partial charge in [-0.15, -0.1) is 0 Å². The van der Waals surface area contributed by atoms with Gasteiger partial charge in [0.2, 0.25) is 5.91 Å². The summed E-state index contributed by atoms with van der Waals surface area (Å²) in [5, 5.41) is 2.62. The summed E-state index contributed by atoms with van der Waals surface area (Å²) >= 11 is 0. The Morgan fingerprint density at radius 1 is 0.960 bits per heavy atom. The van der Waals surface area contributed by atoms with E-state index in [2.05, 4.69) is 5.32 Å². The van der Waals surface area contributed by atoms with Crippen molar-refractivity contribution in [2.75, 3.05) is 13.2 Å². The molecule has 0 aromatic heterocycles. The zero-order valence-electron chi connectivity index (χ0n) is 13.3. The second-order valence-corrected chi connectivity index (χ2v) is 5.40. The number of hydrogen-bond donors (Lipinski definition) is 1. The SMILES string of the molecule is O=C(CCCOc1ccc(F)cc1F)NCCc1cc(F)cc(F)c1. The summed E-state index contributed by atoms with van der Waals surface area (Å²) in [4.78, 5) is 11.7. The smallest absolute Gasteiger partial charge is 0.220 e. The highest BCUT2D eigenvalue weighted by atomic mass is 19.1. The molecule has 0 heterocycles. The zero-order valence-corrected chi connectivity index (χ0v) is 13.3. The number of carbonyl (C=O) groups is 1. The van der Waals surface area contributed by atoms with Crippen LogP contribution in [0.25, 0.3) is 0 Å². The van der Waals surface area contributed by atoms with Crippen LogP contribution in [0.5, 0.6) is 5.75 Å². The van der Waals surface area contributed by atoms with E-state index in [1.54, 1.807) is 0 Å². The van der Waals surface area contributed by atoms with Crippen LogP contribution in [0, 0.1) is 23.3 Å². The Bertz CT molecular complexity index is 717. The van der Waals surface area contributed by atoms with Crippen molar-refractivity contribution in [3.63, 3.8) is 0 Å². The summed E-state index contributed by atoms with van der Waals surface area (Å²) < 4.78 is 57.2. The second kappa shape index (κ2) is 9.05. The molecule has 0 atom stereocenters. The van der Waals surface area contributed by atoms with Gasteiger partial charge in [-0.25, -0.2) is 17.6 Å². The quantitative estimate of drug-likeness (QED) is 0.578. The maximum absolute atomic E-state index is 13.3. The Morgan fingerprint density at radius 3 is 2.36 bits per heavy atom. The number of halogens is 4. The van der Waals surface area contributed by atoms with Crippen molar-refractivity contribution in [3.8, 4) is 5.75 Å². The molecule has 2 rings (SSSR count). The highest BCUT2D eigenvalue weighted by Crippen LogP contribution is 2.17. The van der Waals surface area contributed by atoms with E-state index in [9.17, 15) is 22.4 Å². The van der Waals surface area contributed by atoms with E-state index < -0.39 is 23.3 Å². The van der Waals surface area contributed by atoms with Crippen molar-refractivity contribution in [2.45, 2.75) is 19.3 Å². The van der Waals surface area contributed by atoms with Gasteiger partial charge in [-0.2, -0.15) is 0 Å². The first-order chi connectivity index (χ1) is 11.9. The van der Waals surface area contributed by atoms with E-state index >= 15 is 0 Å². The lowest BCUT2D eigenvalue weighted by Gasteiger charge is -2.08. The van der Waals surface area contributed by atoms with Crippen molar-refractivity contribution in [1.29, 1.82) is 0 Å². The normalized spacial score (nSPS) is 10.6. The minimum Gasteiger partial charge on any atom is -0.491 e. The van der Waals surface area contributed by atoms with Gasteiger partial charge < -0.3 is 10.1 Å². The monoisotopic (exact) mass is 355 g/mol. The number of amides is 1. The van der Waals surface area contributed by atoms with Crippen LogP contribution >= 0.6 is 0 Å². The number of nitrogens with one attached hydrogen (secondary N) is 1. The third-order valence-corrected chi connectivity index (χ3v) is 3.36. The van der Waals surface area contributed by atoms with Gasteiger partial charge in [-0.3, -0.25) is 4.79 Å². The fourth-order valence-electron chi connectivity index (χ4n) is 2.20. The predicted molar refractivity (Wildman–Crippen MR) is 84.2 cm³/mol. The second-order valence-electron chi connectivity index (χ2n) is 5.40. The summed E-state index contributed by atoms with van der Waals surface area (Å²) in [7, 11) is 0. The molecule has 2 aromatic carbocycles. The molecule has 7 heteroatoms. The van der Waals surface area contributed by atoms with Crippen LogP contribution in [-0.4, -0.2) is 19.1 Å². The van der Waals surface area contributed by atoms with Crippen molar-refractivity contribution in [3.05, 3.63) is 65.2 Å². The standard InChI is InChI=1S/C18H17F4NO2/c19-13-3-4-17(16(22)11-13)25-7-1-2-18(24)23-6-5-12-8-14(20)10-15(21)9-12/h3-4,8-11H,1-2,5-7H2,(H,23,24). The first-order valence-corrected chi connectivity index (χ1v) is 7.73. The van der Waals surface area contributed by atoms with Crippen LogP contribution in [0.1, 0.15) is 18.4 Å². The highest BCUT2D eigenvalue weighted by Gasteiger charge is 2.06. The van der Waals surface area contributed by atoms with Crippen molar-refractivity contribution >= 4 is 5.91 Å². The topological polar surface area (TPSA) is 38.3 Å². The van der Waals surface area contributed by atoms with Gasteiger partial charge in [-0.05, 0) is 42.7 Å². The molecule has 3 nitrogen and oxygen atoms in total. The Labute approximate surface area is 142 Å². The van der Waals surface area contributed by atoms with Crippen molar-refractivity contribution in [2.24, 2.45) is 0 Å². The first-order valence-electron chi connectivity index (χ1n) is 7.73. The van der Waals surface area contributed by atoms with E-state index in [0.717, 1.165) is 18.2 Å². The van der Waals surface area contributed by atoms with E-state index in [-0.39, 0.29) is 31.2 Å². The molecule has 0 fully saturated rings. The largest absolute Gasteiger partial charge is 0.491 e. The van der Waals surface area contributed by atoms with E-state index in [4.69, 9.17) is 4.74 Å². The lowest BCUT2D eigenvalue weighted by Crippen LogP contribution is -2.25. The molecule has 1 amide bonds. The van der Waals surface area contributed by atoms with Gasteiger partial charge in [0.05, 0.1) is 6.61 Å². The van der Waals surface area contributed by atoms with Gasteiger partial charge in [0.25, 0.3) is 0 Å². The summed E-state index contributed by atoms with van der Waals surface area (Å²) in [6.07, 6.45) is 0.801. The van der Waals surface area contributed by atoms with Gasteiger partial charge >= 0.3 is 0 Å². The minimum absolute atomic E-state index is 0.0741. The maximum atomic E-state index is 13.3. The number of rotatable bonds is 8. The highest BCUT2D eigenvalue weighted by molar-refractivity contribution is 5.75. The van der Waals surface area contributed by atoms with Crippen molar-refractivity contribution < 1.29 is 27.1 Å². The molecule has 0 aliphatic heterocycles. The fourth-order valence-corrected chi connectivity index (χ4v) is 2.20. The molecule has 0 saturated carbocycles. The Balaban J connectivity index is 1.64. The molecule has 0 spiro atoms. The lowest BCUT2D eigenvalue weighted by atomic mass is 10.1. The van der Waals surface area contributed by atoms with Crippen LogP contribution in [0.2, 0.25) is 0 Å². The number of carbonyl (C=O) groups excluding carboxylic acids is 1. The first kappa shape index (κ1) is 18.8. The van der Waals surface area contributed by atoms with Gasteiger partial charge in [0, 0.05) is 25.1 Å². The molecular weight excluding hydrogens is 338 g/mol. The van der Waals surface area contributed by atoms with Gasteiger partial charge in [-0.1, -0.05) is 0 Å². The van der Waals surface area contributed by atoms with Crippen LogP contribution < -0.4 is 10.1 Å². The molecule has 2 aromatic rings. The Hall–Kier alpha value is -2.57. The summed E-state index contributed by atoms with van der Waals surface area (Å²) in [5.74, 6) is -3.14. The third-order valence-electron chi connectivity index (χ3n) is 3.36. The minimum atomic E-state index is -0.799. The zero-order chi connectivity index (χ0) is 18.2. The van der Waals surface area contributed by atoms with Crippen molar-refractivity contribution in [1.82, 2.24) is 5.32 Å². The average Bonchev–Trinajstić information content (AvgIpc) is 2.52. The third kappa shape index (κ3) is 6.45. The Morgan fingerprint density at radius 2 is 1.68 bits per heavy atom. The average molecular weight is 355 g/mol. The molecule has 1 N–H and O–H groups in total. The summed E-state index contributed by atoms with van der Waals surface area (Å²) in [6, 6.07) is 6.19. The van der Waals surface area contributed by atoms with Crippen LogP contribution in [0.15, 0.2) is 36.4 Å². The number of hydrogen-bond acceptors (Lipinski definition) is 2. The van der Waals surface area contributed by atoms with Crippen LogP contribution in [-0.2, 0) is 11.2 Å². The van der Waals surface area contributed by atoms with E-state index in [1.807, 2.05) is 0 Å². The maximum Gasteiger partial charge on any atom is 0.220 e. The summed E-state index contributed by atoms with van der Waals surface area (Å²) in [5.41, 5.74) is 0.452. The van der Waals surface area contributed by atoms with Crippen LogP contribution in [0.4, 0.5) is 17.6 Å². The van der Waals surface area contributed by atoms with Gasteiger partial charge in [0.15, 0.2) is 11.6 Å². The molecule has 0 aliphatic rings. The molecule has 25 heavy (non-hydrogen) atoms. The number of ether oxygens (including phenoxy) is 1. The molecule has 134 valence electrons. The molecule has 0 unspecified atom stereocenters. The number of benzene rings is 2. The van der Waals surface area contributed by atoms with E-state index in [1.165, 1.54) is 18.2 Å². The summed E-state index contributed by atoms with van der Waals surface area (Å²) in [6.45, 7) is 0.347. The van der Waals surface area contributed by atoms with E-state index in [0.29, 0.717) is 18.4 Å².